The van der Waals surface area contributed by atoms with Crippen molar-refractivity contribution in [2.45, 2.75) is 31.8 Å². The lowest BCUT2D eigenvalue weighted by molar-refractivity contribution is 0.919. The first-order valence-electron chi connectivity index (χ1n) is 5.80. The highest BCUT2D eigenvalue weighted by molar-refractivity contribution is 7.98. The van der Waals surface area contributed by atoms with Gasteiger partial charge in [0.25, 0.3) is 0 Å². The summed E-state index contributed by atoms with van der Waals surface area (Å²) in [4.78, 5) is 8.74. The molecule has 0 saturated carbocycles. The lowest BCUT2D eigenvalue weighted by Crippen LogP contribution is -1.97. The van der Waals surface area contributed by atoms with E-state index in [4.69, 9.17) is 5.26 Å². The molecule has 0 unspecified atom stereocenters. The summed E-state index contributed by atoms with van der Waals surface area (Å²) in [7, 11) is 0. The summed E-state index contributed by atoms with van der Waals surface area (Å²) in [6.45, 7) is 7.95. The van der Waals surface area contributed by atoms with E-state index in [-0.39, 0.29) is 0 Å². The maximum atomic E-state index is 8.84. The molecule has 18 heavy (non-hydrogen) atoms. The Balaban J connectivity index is 3.25. The Hall–Kier alpha value is -1.60. The highest BCUT2D eigenvalue weighted by Gasteiger charge is 2.08. The number of hydrogen-bond acceptors (Lipinski definition) is 4. The van der Waals surface area contributed by atoms with E-state index in [1.807, 2.05) is 6.26 Å². The fourth-order valence-corrected chi connectivity index (χ4v) is 1.89. The van der Waals surface area contributed by atoms with Crippen LogP contribution in [0.5, 0.6) is 0 Å². The molecule has 0 aromatic carbocycles. The molecule has 1 aromatic rings. The monoisotopic (exact) mass is 259 g/mol. The molecule has 0 atom stereocenters. The fourth-order valence-electron chi connectivity index (χ4n) is 1.55. The topological polar surface area (TPSA) is 49.6 Å². The average Bonchev–Trinajstić information content (AvgIpc) is 2.39. The van der Waals surface area contributed by atoms with Gasteiger partial charge in [0, 0.05) is 17.3 Å². The molecule has 0 N–H and O–H groups in total. The van der Waals surface area contributed by atoms with Gasteiger partial charge in [-0.3, -0.25) is 0 Å². The third kappa shape index (κ3) is 3.71. The number of hydrogen-bond donors (Lipinski definition) is 0. The van der Waals surface area contributed by atoms with Gasteiger partial charge in [0.15, 0.2) is 5.16 Å². The lowest BCUT2D eigenvalue weighted by atomic mass is 10.0. The molecule has 94 valence electrons. The van der Waals surface area contributed by atoms with E-state index in [1.165, 1.54) is 11.8 Å². The van der Waals surface area contributed by atoms with Crippen molar-refractivity contribution in [2.24, 2.45) is 0 Å². The van der Waals surface area contributed by atoms with Crippen molar-refractivity contribution >= 4 is 23.4 Å². The molecule has 0 radical (unpaired) electrons. The summed E-state index contributed by atoms with van der Waals surface area (Å²) >= 11 is 1.50. The average molecular weight is 259 g/mol. The lowest BCUT2D eigenvalue weighted by Gasteiger charge is -2.08. The van der Waals surface area contributed by atoms with Crippen molar-refractivity contribution in [3.05, 3.63) is 29.6 Å². The van der Waals surface area contributed by atoms with Crippen LogP contribution in [-0.2, 0) is 0 Å². The first-order chi connectivity index (χ1) is 8.62. The summed E-state index contributed by atoms with van der Waals surface area (Å²) in [6, 6.07) is 2.11. The smallest absolute Gasteiger partial charge is 0.187 e. The molecule has 0 spiro atoms. The molecule has 1 aromatic heterocycles. The first kappa shape index (κ1) is 14.5. The fraction of sp³-hybridized carbons (Fsp3) is 0.357. The van der Waals surface area contributed by atoms with Crippen molar-refractivity contribution < 1.29 is 0 Å². The number of aromatic nitrogens is 2. The van der Waals surface area contributed by atoms with Gasteiger partial charge < -0.3 is 0 Å². The number of thioether (sulfide) groups is 1. The van der Waals surface area contributed by atoms with E-state index in [1.54, 1.807) is 19.2 Å². The zero-order chi connectivity index (χ0) is 13.5. The molecule has 0 aliphatic rings. The molecular formula is C14H17N3S. The molecule has 0 fully saturated rings. The van der Waals surface area contributed by atoms with E-state index in [2.05, 4.69) is 29.5 Å². The molecule has 3 nitrogen and oxygen atoms in total. The second-order valence-corrected chi connectivity index (χ2v) is 4.73. The van der Waals surface area contributed by atoms with Crippen molar-refractivity contribution in [2.75, 3.05) is 6.26 Å². The van der Waals surface area contributed by atoms with Crippen molar-refractivity contribution in [3.8, 4) is 6.07 Å². The van der Waals surface area contributed by atoms with Gasteiger partial charge >= 0.3 is 0 Å². The van der Waals surface area contributed by atoms with Crippen LogP contribution in [0.25, 0.3) is 11.6 Å². The molecule has 1 rings (SSSR count). The standard InChI is InChI=1S/C14H17N3S/c1-5-6-11(3)13-12(7-10(2)8-15)9-16-14(17-13)18-4/h7,9H,3,5-6H2,1-2,4H3/b10-7+. The van der Waals surface area contributed by atoms with Gasteiger partial charge in [0.1, 0.15) is 0 Å². The van der Waals surface area contributed by atoms with Gasteiger partial charge in [-0.1, -0.05) is 31.7 Å². The zero-order valence-corrected chi connectivity index (χ0v) is 11.8. The van der Waals surface area contributed by atoms with Crippen LogP contribution in [0.1, 0.15) is 37.9 Å². The van der Waals surface area contributed by atoms with Crippen LogP contribution < -0.4 is 0 Å². The molecule has 0 saturated heterocycles. The van der Waals surface area contributed by atoms with E-state index in [9.17, 15) is 0 Å². The Morgan fingerprint density at radius 3 is 2.89 bits per heavy atom. The van der Waals surface area contributed by atoms with Gasteiger partial charge in [-0.2, -0.15) is 5.26 Å². The summed E-state index contributed by atoms with van der Waals surface area (Å²) in [5.74, 6) is 0. The third-order valence-corrected chi connectivity index (χ3v) is 2.97. The molecule has 0 bridgehead atoms. The second kappa shape index (κ2) is 6.97. The molecule has 0 aliphatic heterocycles. The number of rotatable bonds is 5. The summed E-state index contributed by atoms with van der Waals surface area (Å²) in [6.07, 6.45) is 7.43. The third-order valence-electron chi connectivity index (χ3n) is 2.41. The summed E-state index contributed by atoms with van der Waals surface area (Å²) in [5.41, 5.74) is 3.35. The largest absolute Gasteiger partial charge is 0.230 e. The Morgan fingerprint density at radius 1 is 1.61 bits per heavy atom. The predicted molar refractivity (Wildman–Crippen MR) is 77.0 cm³/mol. The van der Waals surface area contributed by atoms with Crippen LogP contribution in [0.4, 0.5) is 0 Å². The van der Waals surface area contributed by atoms with E-state index < -0.39 is 0 Å². The minimum absolute atomic E-state index is 0.640. The Labute approximate surface area is 113 Å². The highest BCUT2D eigenvalue weighted by atomic mass is 32.2. The Bertz CT molecular complexity index is 512. The SMILES string of the molecule is C=C(CCC)c1nc(SC)ncc1/C=C(\C)C#N. The van der Waals surface area contributed by atoms with E-state index >= 15 is 0 Å². The van der Waals surface area contributed by atoms with Crippen molar-refractivity contribution in [1.29, 1.82) is 5.26 Å². The minimum Gasteiger partial charge on any atom is -0.230 e. The summed E-state index contributed by atoms with van der Waals surface area (Å²) in [5, 5.41) is 9.57. The molecular weight excluding hydrogens is 242 g/mol. The zero-order valence-electron chi connectivity index (χ0n) is 11.0. The summed E-state index contributed by atoms with van der Waals surface area (Å²) < 4.78 is 0. The van der Waals surface area contributed by atoms with Crippen LogP contribution in [0.15, 0.2) is 23.5 Å². The number of nitriles is 1. The predicted octanol–water partition coefficient (Wildman–Crippen LogP) is 3.94. The number of nitrogens with zero attached hydrogens (tertiary/aromatic N) is 3. The second-order valence-electron chi connectivity index (χ2n) is 3.95. The van der Waals surface area contributed by atoms with Crippen LogP contribution in [0.3, 0.4) is 0 Å². The highest BCUT2D eigenvalue weighted by Crippen LogP contribution is 2.23. The Morgan fingerprint density at radius 2 is 2.33 bits per heavy atom. The maximum absolute atomic E-state index is 8.84. The minimum atomic E-state index is 0.640. The molecule has 1 heterocycles. The quantitative estimate of drug-likeness (QED) is 0.456. The van der Waals surface area contributed by atoms with Gasteiger partial charge in [-0.15, -0.1) is 0 Å². The van der Waals surface area contributed by atoms with Gasteiger partial charge in [-0.05, 0) is 31.2 Å². The van der Waals surface area contributed by atoms with Crippen LogP contribution >= 0.6 is 11.8 Å². The molecule has 0 amide bonds. The first-order valence-corrected chi connectivity index (χ1v) is 7.02. The maximum Gasteiger partial charge on any atom is 0.187 e. The molecule has 0 aliphatic carbocycles. The van der Waals surface area contributed by atoms with Gasteiger partial charge in [-0.25, -0.2) is 9.97 Å². The molecule has 4 heteroatoms. The van der Waals surface area contributed by atoms with Crippen LogP contribution in [0, 0.1) is 11.3 Å². The normalized spacial score (nSPS) is 11.1. The van der Waals surface area contributed by atoms with Crippen molar-refractivity contribution in [3.63, 3.8) is 0 Å². The number of allylic oxidation sites excluding steroid dienone is 2. The Kier molecular flexibility index (Phi) is 5.60. The van der Waals surface area contributed by atoms with Crippen LogP contribution in [-0.4, -0.2) is 16.2 Å². The van der Waals surface area contributed by atoms with E-state index in [0.717, 1.165) is 34.8 Å². The van der Waals surface area contributed by atoms with Gasteiger partial charge in [0.2, 0.25) is 0 Å². The van der Waals surface area contributed by atoms with E-state index in [0.29, 0.717) is 5.57 Å². The van der Waals surface area contributed by atoms with Crippen LogP contribution in [0.2, 0.25) is 0 Å². The van der Waals surface area contributed by atoms with Crippen molar-refractivity contribution in [1.82, 2.24) is 9.97 Å². The van der Waals surface area contributed by atoms with Gasteiger partial charge in [0.05, 0.1) is 11.8 Å².